The van der Waals surface area contributed by atoms with E-state index in [9.17, 15) is 9.59 Å². The summed E-state index contributed by atoms with van der Waals surface area (Å²) in [6, 6.07) is 0.534. The first kappa shape index (κ1) is 14.4. The minimum atomic E-state index is -0.116. The lowest BCUT2D eigenvalue weighted by molar-refractivity contribution is -0.118. The van der Waals surface area contributed by atoms with Crippen LogP contribution in [0.4, 0.5) is 0 Å². The smallest absolute Gasteiger partial charge is 0.189 e. The third-order valence-electron chi connectivity index (χ3n) is 2.58. The highest BCUT2D eigenvalue weighted by molar-refractivity contribution is 6.59. The molecule has 0 fully saturated rings. The Morgan fingerprint density at radius 1 is 1.27 bits per heavy atom. The van der Waals surface area contributed by atoms with Crippen molar-refractivity contribution in [1.82, 2.24) is 4.90 Å². The maximum atomic E-state index is 11.5. The van der Waals surface area contributed by atoms with Gasteiger partial charge in [-0.25, -0.2) is 0 Å². The van der Waals surface area contributed by atoms with Gasteiger partial charge >= 0.3 is 0 Å². The lowest BCUT2D eigenvalue weighted by Gasteiger charge is -2.37. The largest absolute Gasteiger partial charge is 0.310 e. The lowest BCUT2D eigenvalue weighted by atomic mass is 9.89. The van der Waals surface area contributed by atoms with E-state index in [0.29, 0.717) is 24.9 Å². The quantitative estimate of drug-likeness (QED) is 0.457. The molecule has 0 spiro atoms. The fourth-order valence-corrected chi connectivity index (χ4v) is 2.10. The molecule has 0 radical (unpaired) electrons. The van der Waals surface area contributed by atoms with Gasteiger partial charge < -0.3 is 9.59 Å². The summed E-state index contributed by atoms with van der Waals surface area (Å²) in [6.45, 7) is 8.32. The molecule has 0 amide bonds. The van der Waals surface area contributed by atoms with Crippen molar-refractivity contribution in [3.63, 3.8) is 0 Å². The maximum absolute atomic E-state index is 11.5. The third kappa shape index (κ3) is 4.60. The van der Waals surface area contributed by atoms with Gasteiger partial charge in [-0.05, 0) is 34.1 Å². The number of nitrogens with zero attached hydrogens (tertiary/aromatic N) is 1. The van der Waals surface area contributed by atoms with Crippen molar-refractivity contribution in [1.29, 1.82) is 0 Å². The number of carbonyl (C=O) groups is 2. The van der Waals surface area contributed by atoms with E-state index in [-0.39, 0.29) is 11.7 Å². The van der Waals surface area contributed by atoms with E-state index in [2.05, 4.69) is 32.6 Å². The zero-order valence-electron chi connectivity index (χ0n) is 10.5. The van der Waals surface area contributed by atoms with Crippen LogP contribution in [0.5, 0.6) is 0 Å². The zero-order valence-corrected chi connectivity index (χ0v) is 10.5. The normalized spacial score (nSPS) is 13.5. The van der Waals surface area contributed by atoms with Crippen LogP contribution < -0.4 is 0 Å². The van der Waals surface area contributed by atoms with Gasteiger partial charge in [0.05, 0.1) is 11.7 Å². The molecule has 0 aliphatic heterocycles. The molecule has 0 aliphatic carbocycles. The van der Waals surface area contributed by atoms with Crippen molar-refractivity contribution in [3.8, 4) is 0 Å². The van der Waals surface area contributed by atoms with Crippen LogP contribution in [0.3, 0.4) is 0 Å². The molecule has 0 rings (SSSR count). The monoisotopic (exact) mass is 211 g/mol. The molecular formula is C11H22BNO2. The van der Waals surface area contributed by atoms with E-state index in [1.165, 1.54) is 0 Å². The molecule has 0 saturated carbocycles. The van der Waals surface area contributed by atoms with Crippen LogP contribution in [0.15, 0.2) is 0 Å². The Balaban J connectivity index is 4.67. The molecule has 0 aromatic rings. The van der Waals surface area contributed by atoms with Crippen molar-refractivity contribution in [3.05, 3.63) is 0 Å². The van der Waals surface area contributed by atoms with Gasteiger partial charge in [0.1, 0.15) is 6.29 Å². The summed E-state index contributed by atoms with van der Waals surface area (Å²) >= 11 is 0. The predicted molar refractivity (Wildman–Crippen MR) is 64.7 cm³/mol. The first-order valence-electron chi connectivity index (χ1n) is 5.63. The number of hydrogen-bond donors (Lipinski definition) is 0. The molecule has 0 aliphatic rings. The second-order valence-electron chi connectivity index (χ2n) is 4.51. The molecule has 0 bridgehead atoms. The van der Waals surface area contributed by atoms with Crippen molar-refractivity contribution in [2.75, 3.05) is 0 Å². The Hall–Kier alpha value is -0.635. The van der Waals surface area contributed by atoms with Gasteiger partial charge in [-0.1, -0.05) is 0 Å². The standard InChI is InChI=1S/C11H22BNO2/c1-8(2)13(9(3)4)10(11(12)15)6-5-7-14/h7-10H,5-6,12H2,1-4H3. The molecule has 0 aromatic heterocycles. The van der Waals surface area contributed by atoms with Crippen LogP contribution in [-0.2, 0) is 9.59 Å². The number of aldehydes is 1. The molecule has 0 heterocycles. The van der Waals surface area contributed by atoms with Gasteiger partial charge in [0.15, 0.2) is 7.85 Å². The zero-order chi connectivity index (χ0) is 12.0. The fraction of sp³-hybridized carbons (Fsp3) is 0.818. The molecule has 86 valence electrons. The van der Waals surface area contributed by atoms with Crippen LogP contribution in [0.25, 0.3) is 0 Å². The summed E-state index contributed by atoms with van der Waals surface area (Å²) < 4.78 is 0. The topological polar surface area (TPSA) is 37.4 Å². The molecule has 4 heteroatoms. The average Bonchev–Trinajstić information content (AvgIpc) is 2.09. The Morgan fingerprint density at radius 3 is 2.00 bits per heavy atom. The Bertz CT molecular complexity index is 209. The highest BCUT2D eigenvalue weighted by atomic mass is 16.1. The maximum Gasteiger partial charge on any atom is 0.189 e. The SMILES string of the molecule is BC(=O)C(CCC=O)N(C(C)C)C(C)C. The highest BCUT2D eigenvalue weighted by Crippen LogP contribution is 2.14. The van der Waals surface area contributed by atoms with E-state index in [4.69, 9.17) is 0 Å². The second kappa shape index (κ2) is 6.78. The fourth-order valence-electron chi connectivity index (χ4n) is 2.10. The van der Waals surface area contributed by atoms with Crippen molar-refractivity contribution < 1.29 is 9.59 Å². The molecule has 0 aromatic carbocycles. The van der Waals surface area contributed by atoms with E-state index in [1.807, 2.05) is 0 Å². The predicted octanol–water partition coefficient (Wildman–Crippen LogP) is 0.613. The first-order chi connectivity index (χ1) is 6.91. The van der Waals surface area contributed by atoms with Crippen LogP contribution in [0.2, 0.25) is 0 Å². The summed E-state index contributed by atoms with van der Waals surface area (Å²) in [5.74, 6) is 0. The minimum Gasteiger partial charge on any atom is -0.310 e. The molecule has 15 heavy (non-hydrogen) atoms. The van der Waals surface area contributed by atoms with Gasteiger partial charge in [0.2, 0.25) is 0 Å². The van der Waals surface area contributed by atoms with Crippen molar-refractivity contribution in [2.45, 2.75) is 58.7 Å². The third-order valence-corrected chi connectivity index (χ3v) is 2.58. The first-order valence-corrected chi connectivity index (χ1v) is 5.63. The summed E-state index contributed by atoms with van der Waals surface area (Å²) in [5.41, 5.74) is 0.152. The minimum absolute atomic E-state index is 0.116. The molecule has 0 N–H and O–H groups in total. The lowest BCUT2D eigenvalue weighted by Crippen LogP contribution is -2.49. The van der Waals surface area contributed by atoms with Gasteiger partial charge in [-0.3, -0.25) is 4.90 Å². The number of carbonyl (C=O) groups excluding carboxylic acids is 2. The van der Waals surface area contributed by atoms with E-state index in [0.717, 1.165) is 6.29 Å². The summed E-state index contributed by atoms with van der Waals surface area (Å²) in [5, 5.41) is 0. The summed E-state index contributed by atoms with van der Waals surface area (Å²) in [4.78, 5) is 24.1. The van der Waals surface area contributed by atoms with Crippen molar-refractivity contribution in [2.24, 2.45) is 0 Å². The van der Waals surface area contributed by atoms with Crippen LogP contribution in [-0.4, -0.2) is 42.8 Å². The van der Waals surface area contributed by atoms with Crippen LogP contribution in [0, 0.1) is 0 Å². The molecule has 0 saturated heterocycles. The molecular weight excluding hydrogens is 189 g/mol. The van der Waals surface area contributed by atoms with Crippen molar-refractivity contribution >= 4 is 19.8 Å². The van der Waals surface area contributed by atoms with E-state index < -0.39 is 0 Å². The van der Waals surface area contributed by atoms with Gasteiger partial charge in [0, 0.05) is 18.5 Å². The molecule has 3 nitrogen and oxygen atoms in total. The van der Waals surface area contributed by atoms with Crippen LogP contribution >= 0.6 is 0 Å². The number of rotatable bonds is 7. The van der Waals surface area contributed by atoms with Gasteiger partial charge in [-0.15, -0.1) is 0 Å². The summed E-state index contributed by atoms with van der Waals surface area (Å²) in [7, 11) is 1.60. The average molecular weight is 211 g/mol. The molecule has 1 unspecified atom stereocenters. The van der Waals surface area contributed by atoms with E-state index in [1.54, 1.807) is 7.85 Å². The van der Waals surface area contributed by atoms with E-state index >= 15 is 0 Å². The van der Waals surface area contributed by atoms with Crippen LogP contribution in [0.1, 0.15) is 40.5 Å². The Labute approximate surface area is 93.6 Å². The highest BCUT2D eigenvalue weighted by Gasteiger charge is 2.26. The van der Waals surface area contributed by atoms with Gasteiger partial charge in [0.25, 0.3) is 0 Å². The number of hydrogen-bond acceptors (Lipinski definition) is 3. The second-order valence-corrected chi connectivity index (χ2v) is 4.51. The molecule has 1 atom stereocenters. The Morgan fingerprint density at radius 2 is 1.73 bits per heavy atom. The summed E-state index contributed by atoms with van der Waals surface area (Å²) in [6.07, 6.45) is 1.98. The van der Waals surface area contributed by atoms with Gasteiger partial charge in [-0.2, -0.15) is 0 Å². The Kier molecular flexibility index (Phi) is 6.49.